The second kappa shape index (κ2) is 6.46. The molecule has 0 fully saturated rings. The van der Waals surface area contributed by atoms with Gasteiger partial charge in [-0.25, -0.2) is 9.97 Å². The first kappa shape index (κ1) is 19.5. The first-order chi connectivity index (χ1) is 12.0. The quantitative estimate of drug-likeness (QED) is 0.650. The number of carbonyl (C=O) groups excluding carboxylic acids is 1. The van der Waals surface area contributed by atoms with E-state index in [-0.39, 0.29) is 17.4 Å². The van der Waals surface area contributed by atoms with Crippen LogP contribution < -0.4 is 5.73 Å². The van der Waals surface area contributed by atoms with Gasteiger partial charge in [-0.1, -0.05) is 13.8 Å². The molecule has 2 N–H and O–H groups in total. The van der Waals surface area contributed by atoms with Crippen LogP contribution in [-0.2, 0) is 12.4 Å². The van der Waals surface area contributed by atoms with Crippen molar-refractivity contribution >= 4 is 22.6 Å². The fourth-order valence-electron chi connectivity index (χ4n) is 2.23. The molecule has 11 heteroatoms. The Hall–Kier alpha value is -2.85. The van der Waals surface area contributed by atoms with Crippen LogP contribution in [0.1, 0.15) is 35.6 Å². The van der Waals surface area contributed by atoms with Gasteiger partial charge in [-0.2, -0.15) is 26.3 Å². The Bertz CT molecular complexity index is 974. The van der Waals surface area contributed by atoms with Gasteiger partial charge in [0, 0.05) is 11.6 Å². The minimum absolute atomic E-state index is 0.0555. The van der Waals surface area contributed by atoms with E-state index in [0.717, 1.165) is 22.7 Å². The molecule has 1 amide bonds. The van der Waals surface area contributed by atoms with E-state index in [2.05, 4.69) is 9.97 Å². The predicted molar refractivity (Wildman–Crippen MR) is 80.4 cm³/mol. The summed E-state index contributed by atoms with van der Waals surface area (Å²) in [7, 11) is 0. The van der Waals surface area contributed by atoms with Crippen molar-refractivity contribution in [3.05, 3.63) is 41.3 Å². The van der Waals surface area contributed by atoms with Gasteiger partial charge < -0.3 is 5.73 Å². The molecular formula is C15H12F6N4O. The van der Waals surface area contributed by atoms with Crippen molar-refractivity contribution in [3.63, 3.8) is 0 Å². The third-order valence-electron chi connectivity index (χ3n) is 3.25. The number of carbonyl (C=O) groups is 1. The monoisotopic (exact) mass is 378 g/mol. The van der Waals surface area contributed by atoms with Gasteiger partial charge in [0.15, 0.2) is 0 Å². The minimum atomic E-state index is -5.08. The van der Waals surface area contributed by atoms with E-state index in [1.807, 2.05) is 13.8 Å². The van der Waals surface area contributed by atoms with Gasteiger partial charge in [-0.3, -0.25) is 9.20 Å². The number of amides is 1. The minimum Gasteiger partial charge on any atom is -0.364 e. The number of halogens is 6. The summed E-state index contributed by atoms with van der Waals surface area (Å²) in [6, 6.07) is 2.01. The number of nitrogens with two attached hydrogens (primary N) is 1. The first-order valence-electron chi connectivity index (χ1n) is 7.25. The summed E-state index contributed by atoms with van der Waals surface area (Å²) in [6.45, 7) is 4.00. The van der Waals surface area contributed by atoms with Crippen molar-refractivity contribution in [1.29, 1.82) is 0 Å². The number of hydrogen-bond acceptors (Lipinski definition) is 3. The van der Waals surface area contributed by atoms with E-state index in [1.54, 1.807) is 0 Å². The van der Waals surface area contributed by atoms with Gasteiger partial charge in [0.2, 0.25) is 0 Å². The standard InChI is InChI=1S/C13H6F6N4O.C2H6/c14-12(15,16)6-3-8(13(17,18)19)22-11-5(6)1-2-9-21-7(10(20)24)4-23(9)11;1-2/h1-4H,(H2,20,24);1-2H3. The van der Waals surface area contributed by atoms with Crippen molar-refractivity contribution in [2.45, 2.75) is 26.2 Å². The molecule has 3 aromatic heterocycles. The van der Waals surface area contributed by atoms with Crippen LogP contribution in [-0.4, -0.2) is 20.3 Å². The zero-order valence-electron chi connectivity index (χ0n) is 13.4. The van der Waals surface area contributed by atoms with E-state index >= 15 is 0 Å². The third kappa shape index (κ3) is 3.41. The maximum atomic E-state index is 13.1. The summed E-state index contributed by atoms with van der Waals surface area (Å²) in [5.74, 6) is -0.977. The summed E-state index contributed by atoms with van der Waals surface area (Å²) < 4.78 is 78.9. The molecule has 0 aliphatic carbocycles. The summed E-state index contributed by atoms with van der Waals surface area (Å²) >= 11 is 0. The Morgan fingerprint density at radius 3 is 2.15 bits per heavy atom. The van der Waals surface area contributed by atoms with Crippen LogP contribution >= 0.6 is 0 Å². The molecule has 0 aliphatic rings. The van der Waals surface area contributed by atoms with Crippen molar-refractivity contribution in [2.24, 2.45) is 5.73 Å². The average Bonchev–Trinajstić information content (AvgIpc) is 2.98. The van der Waals surface area contributed by atoms with E-state index in [0.29, 0.717) is 0 Å². The Morgan fingerprint density at radius 1 is 1.04 bits per heavy atom. The molecular weight excluding hydrogens is 366 g/mol. The molecule has 0 radical (unpaired) electrons. The van der Waals surface area contributed by atoms with E-state index < -0.39 is 40.6 Å². The van der Waals surface area contributed by atoms with Crippen LogP contribution in [0.5, 0.6) is 0 Å². The summed E-state index contributed by atoms with van der Waals surface area (Å²) in [5, 5.41) is -0.559. The van der Waals surface area contributed by atoms with Crippen LogP contribution in [0, 0.1) is 0 Å². The van der Waals surface area contributed by atoms with Crippen molar-refractivity contribution in [1.82, 2.24) is 14.4 Å². The van der Waals surface area contributed by atoms with Gasteiger partial charge in [0.1, 0.15) is 22.7 Å². The van der Waals surface area contributed by atoms with Crippen LogP contribution in [0.15, 0.2) is 24.4 Å². The summed E-state index contributed by atoms with van der Waals surface area (Å²) in [4.78, 5) is 18.1. The second-order valence-corrected chi connectivity index (χ2v) is 4.84. The van der Waals surface area contributed by atoms with Crippen molar-refractivity contribution in [2.75, 3.05) is 0 Å². The average molecular weight is 378 g/mol. The van der Waals surface area contributed by atoms with Crippen LogP contribution in [0.3, 0.4) is 0 Å². The summed E-state index contributed by atoms with van der Waals surface area (Å²) in [6.07, 6.45) is -9.17. The number of imidazole rings is 1. The second-order valence-electron chi connectivity index (χ2n) is 4.84. The van der Waals surface area contributed by atoms with E-state index in [9.17, 15) is 31.1 Å². The SMILES string of the molecule is CC.NC(=O)c1cn2c(ccc3c(C(F)(F)F)cc(C(F)(F)F)nc32)n1. The molecule has 0 aromatic carbocycles. The molecule has 0 spiro atoms. The highest BCUT2D eigenvalue weighted by molar-refractivity contribution is 5.92. The Kier molecular flexibility index (Phi) is 4.84. The number of hydrogen-bond donors (Lipinski definition) is 1. The molecule has 0 bridgehead atoms. The molecule has 140 valence electrons. The molecule has 26 heavy (non-hydrogen) atoms. The normalized spacial score (nSPS) is 12.2. The van der Waals surface area contributed by atoms with Gasteiger partial charge >= 0.3 is 12.4 Å². The van der Waals surface area contributed by atoms with Crippen LogP contribution in [0.25, 0.3) is 16.7 Å². The Morgan fingerprint density at radius 2 is 1.65 bits per heavy atom. The zero-order chi connectivity index (χ0) is 19.9. The van der Waals surface area contributed by atoms with Crippen molar-refractivity contribution < 1.29 is 31.1 Å². The predicted octanol–water partition coefficient (Wildman–Crippen LogP) is 4.05. The number of fused-ring (bicyclic) bond motifs is 3. The highest BCUT2D eigenvalue weighted by Crippen LogP contribution is 2.38. The molecule has 3 heterocycles. The number of aromatic nitrogens is 3. The molecule has 3 rings (SSSR count). The lowest BCUT2D eigenvalue weighted by molar-refractivity contribution is -0.144. The van der Waals surface area contributed by atoms with Gasteiger partial charge in [0.25, 0.3) is 5.91 Å². The fourth-order valence-corrected chi connectivity index (χ4v) is 2.23. The highest BCUT2D eigenvalue weighted by atomic mass is 19.4. The van der Waals surface area contributed by atoms with Crippen LogP contribution in [0.2, 0.25) is 0 Å². The largest absolute Gasteiger partial charge is 0.433 e. The fraction of sp³-hybridized carbons (Fsp3) is 0.267. The Labute approximate surface area is 142 Å². The smallest absolute Gasteiger partial charge is 0.364 e. The molecule has 3 aromatic rings. The van der Waals surface area contributed by atoms with E-state index in [4.69, 9.17) is 5.73 Å². The number of alkyl halides is 6. The van der Waals surface area contributed by atoms with Crippen LogP contribution in [0.4, 0.5) is 26.3 Å². The lowest BCUT2D eigenvalue weighted by atomic mass is 10.1. The Balaban J connectivity index is 0.00000117. The topological polar surface area (TPSA) is 73.3 Å². The number of rotatable bonds is 1. The van der Waals surface area contributed by atoms with Gasteiger partial charge in [0.05, 0.1) is 5.56 Å². The van der Waals surface area contributed by atoms with Gasteiger partial charge in [-0.05, 0) is 18.2 Å². The maximum Gasteiger partial charge on any atom is 0.433 e. The number of nitrogens with zero attached hydrogens (tertiary/aromatic N) is 3. The lowest BCUT2D eigenvalue weighted by Gasteiger charge is -2.14. The zero-order valence-corrected chi connectivity index (χ0v) is 13.4. The molecule has 0 aliphatic heterocycles. The third-order valence-corrected chi connectivity index (χ3v) is 3.25. The molecule has 0 unspecified atom stereocenters. The highest BCUT2D eigenvalue weighted by Gasteiger charge is 2.39. The lowest BCUT2D eigenvalue weighted by Crippen LogP contribution is -2.14. The molecule has 5 nitrogen and oxygen atoms in total. The summed E-state index contributed by atoms with van der Waals surface area (Å²) in [5.41, 5.74) is 0.832. The van der Waals surface area contributed by atoms with Crippen molar-refractivity contribution in [3.8, 4) is 0 Å². The number of primary amides is 1. The number of pyridine rings is 2. The maximum absolute atomic E-state index is 13.1. The van der Waals surface area contributed by atoms with Gasteiger partial charge in [-0.15, -0.1) is 0 Å². The molecule has 0 saturated heterocycles. The first-order valence-corrected chi connectivity index (χ1v) is 7.25. The molecule has 0 saturated carbocycles. The van der Waals surface area contributed by atoms with E-state index in [1.165, 1.54) is 0 Å². The molecule has 0 atom stereocenters.